The zero-order valence-corrected chi connectivity index (χ0v) is 11.4. The second kappa shape index (κ2) is 4.44. The summed E-state index contributed by atoms with van der Waals surface area (Å²) in [5.41, 5.74) is 0.362. The lowest BCUT2D eigenvalue weighted by atomic mass is 10.2. The van der Waals surface area contributed by atoms with E-state index in [2.05, 4.69) is 20.4 Å². The fourth-order valence-electron chi connectivity index (χ4n) is 1.92. The first-order valence-electron chi connectivity index (χ1n) is 6.15. The van der Waals surface area contributed by atoms with E-state index in [0.29, 0.717) is 22.7 Å². The molecule has 0 aliphatic carbocycles. The molecule has 0 spiro atoms. The second-order valence-corrected chi connectivity index (χ2v) is 4.94. The van der Waals surface area contributed by atoms with Gasteiger partial charge in [0.25, 0.3) is 5.56 Å². The number of nitrogens with zero attached hydrogens (tertiary/aromatic N) is 3. The van der Waals surface area contributed by atoms with E-state index in [4.69, 9.17) is 0 Å². The van der Waals surface area contributed by atoms with Gasteiger partial charge in [0.05, 0.1) is 0 Å². The number of hydrogen-bond acceptors (Lipinski definition) is 4. The van der Waals surface area contributed by atoms with Crippen molar-refractivity contribution in [2.45, 2.75) is 39.7 Å². The van der Waals surface area contributed by atoms with Crippen molar-refractivity contribution >= 4 is 16.9 Å². The average Bonchev–Trinajstić information content (AvgIpc) is 2.67. The SMILES string of the molecule is CNc1c2c(=O)[nH]c(C(C)C)nc2nn1C(C)C. The Labute approximate surface area is 105 Å². The van der Waals surface area contributed by atoms with E-state index in [0.717, 1.165) is 0 Å². The highest BCUT2D eigenvalue weighted by atomic mass is 16.1. The van der Waals surface area contributed by atoms with Crippen molar-refractivity contribution in [1.29, 1.82) is 0 Å². The van der Waals surface area contributed by atoms with Crippen LogP contribution < -0.4 is 10.9 Å². The molecule has 0 aromatic carbocycles. The van der Waals surface area contributed by atoms with E-state index in [1.807, 2.05) is 27.7 Å². The standard InChI is InChI=1S/C12H19N5O/c1-6(2)9-14-10-8(12(18)15-9)11(13-5)17(16-10)7(3)4/h6-7,13H,1-5H3,(H,14,15,16,18). The molecule has 0 unspecified atom stereocenters. The lowest BCUT2D eigenvalue weighted by Gasteiger charge is -2.09. The third-order valence-corrected chi connectivity index (χ3v) is 2.86. The van der Waals surface area contributed by atoms with E-state index >= 15 is 0 Å². The number of rotatable bonds is 3. The molecule has 2 aromatic heterocycles. The van der Waals surface area contributed by atoms with Gasteiger partial charge in [0.2, 0.25) is 0 Å². The Morgan fingerprint density at radius 2 is 1.94 bits per heavy atom. The van der Waals surface area contributed by atoms with Crippen LogP contribution in [0.25, 0.3) is 11.0 Å². The molecule has 2 rings (SSSR count). The van der Waals surface area contributed by atoms with Crippen LogP contribution >= 0.6 is 0 Å². The molecule has 6 nitrogen and oxygen atoms in total. The monoisotopic (exact) mass is 249 g/mol. The molecule has 0 radical (unpaired) electrons. The van der Waals surface area contributed by atoms with Gasteiger partial charge in [-0.05, 0) is 13.8 Å². The van der Waals surface area contributed by atoms with E-state index < -0.39 is 0 Å². The number of nitrogens with one attached hydrogen (secondary N) is 2. The third kappa shape index (κ3) is 1.87. The molecule has 2 N–H and O–H groups in total. The fraction of sp³-hybridized carbons (Fsp3) is 0.583. The van der Waals surface area contributed by atoms with Gasteiger partial charge >= 0.3 is 0 Å². The molecule has 98 valence electrons. The van der Waals surface area contributed by atoms with Crippen molar-refractivity contribution in [2.24, 2.45) is 0 Å². The van der Waals surface area contributed by atoms with Crippen molar-refractivity contribution < 1.29 is 0 Å². The molecule has 0 saturated heterocycles. The van der Waals surface area contributed by atoms with Crippen LogP contribution in [0.1, 0.15) is 45.5 Å². The Bertz CT molecular complexity index is 623. The lowest BCUT2D eigenvalue weighted by molar-refractivity contribution is 0.542. The number of aromatic amines is 1. The molecule has 6 heteroatoms. The summed E-state index contributed by atoms with van der Waals surface area (Å²) in [6.07, 6.45) is 0. The normalized spacial score (nSPS) is 11.7. The Morgan fingerprint density at radius 3 is 2.44 bits per heavy atom. The zero-order valence-electron chi connectivity index (χ0n) is 11.4. The van der Waals surface area contributed by atoms with Gasteiger partial charge in [0.1, 0.15) is 17.0 Å². The maximum Gasteiger partial charge on any atom is 0.264 e. The molecule has 0 aliphatic heterocycles. The van der Waals surface area contributed by atoms with Crippen LogP contribution in [0.3, 0.4) is 0 Å². The van der Waals surface area contributed by atoms with Crippen LogP contribution in [0.5, 0.6) is 0 Å². The largest absolute Gasteiger partial charge is 0.373 e. The Hall–Kier alpha value is -1.85. The first kappa shape index (κ1) is 12.6. The number of fused-ring (bicyclic) bond motifs is 1. The number of aromatic nitrogens is 4. The summed E-state index contributed by atoms with van der Waals surface area (Å²) in [7, 11) is 1.78. The molecular weight excluding hydrogens is 230 g/mol. The summed E-state index contributed by atoms with van der Waals surface area (Å²) in [5.74, 6) is 1.55. The van der Waals surface area contributed by atoms with Gasteiger partial charge < -0.3 is 10.3 Å². The summed E-state index contributed by atoms with van der Waals surface area (Å²) < 4.78 is 1.79. The molecule has 0 aliphatic rings. The van der Waals surface area contributed by atoms with Crippen LogP contribution in [0, 0.1) is 0 Å². The summed E-state index contributed by atoms with van der Waals surface area (Å²) in [5, 5.41) is 7.96. The summed E-state index contributed by atoms with van der Waals surface area (Å²) in [4.78, 5) is 19.4. The van der Waals surface area contributed by atoms with Crippen LogP contribution in [0.15, 0.2) is 4.79 Å². The summed E-state index contributed by atoms with van der Waals surface area (Å²) in [6.45, 7) is 8.01. The lowest BCUT2D eigenvalue weighted by Crippen LogP contribution is -2.13. The first-order valence-corrected chi connectivity index (χ1v) is 6.15. The molecule has 0 saturated carbocycles. The molecule has 0 amide bonds. The smallest absolute Gasteiger partial charge is 0.264 e. The average molecular weight is 249 g/mol. The summed E-state index contributed by atoms with van der Waals surface area (Å²) >= 11 is 0. The van der Waals surface area contributed by atoms with E-state index in [1.54, 1.807) is 11.7 Å². The third-order valence-electron chi connectivity index (χ3n) is 2.86. The minimum Gasteiger partial charge on any atom is -0.373 e. The second-order valence-electron chi connectivity index (χ2n) is 4.94. The van der Waals surface area contributed by atoms with Crippen molar-refractivity contribution in [2.75, 3.05) is 12.4 Å². The van der Waals surface area contributed by atoms with E-state index in [1.165, 1.54) is 0 Å². The van der Waals surface area contributed by atoms with Crippen LogP contribution in [-0.2, 0) is 0 Å². The van der Waals surface area contributed by atoms with Gasteiger partial charge in [0, 0.05) is 19.0 Å². The number of H-pyrrole nitrogens is 1. The van der Waals surface area contributed by atoms with E-state index in [-0.39, 0.29) is 17.5 Å². The predicted molar refractivity (Wildman–Crippen MR) is 72.2 cm³/mol. The van der Waals surface area contributed by atoms with Crippen molar-refractivity contribution in [3.05, 3.63) is 16.2 Å². The van der Waals surface area contributed by atoms with Gasteiger partial charge in [-0.15, -0.1) is 5.10 Å². The number of anilines is 1. The van der Waals surface area contributed by atoms with Crippen LogP contribution in [0.2, 0.25) is 0 Å². The Balaban J connectivity index is 2.80. The highest BCUT2D eigenvalue weighted by Gasteiger charge is 2.18. The summed E-state index contributed by atoms with van der Waals surface area (Å²) in [6, 6.07) is 0.170. The Morgan fingerprint density at radius 1 is 1.28 bits per heavy atom. The van der Waals surface area contributed by atoms with Crippen molar-refractivity contribution in [3.8, 4) is 0 Å². The molecule has 0 atom stereocenters. The molecule has 0 bridgehead atoms. The quantitative estimate of drug-likeness (QED) is 0.870. The topological polar surface area (TPSA) is 75.6 Å². The zero-order chi connectivity index (χ0) is 13.4. The minimum absolute atomic E-state index is 0.139. The first-order chi connectivity index (χ1) is 8.45. The molecular formula is C12H19N5O. The molecule has 0 fully saturated rings. The fourth-order valence-corrected chi connectivity index (χ4v) is 1.92. The molecule has 2 heterocycles. The minimum atomic E-state index is -0.139. The Kier molecular flexibility index (Phi) is 3.11. The van der Waals surface area contributed by atoms with Gasteiger partial charge in [0.15, 0.2) is 5.65 Å². The van der Waals surface area contributed by atoms with Gasteiger partial charge in [-0.1, -0.05) is 13.8 Å². The van der Waals surface area contributed by atoms with Crippen molar-refractivity contribution in [1.82, 2.24) is 19.7 Å². The molecule has 2 aromatic rings. The predicted octanol–water partition coefficient (Wildman–Crippen LogP) is 1.87. The highest BCUT2D eigenvalue weighted by Crippen LogP contribution is 2.22. The molecule has 18 heavy (non-hydrogen) atoms. The van der Waals surface area contributed by atoms with Crippen LogP contribution in [-0.4, -0.2) is 26.8 Å². The highest BCUT2D eigenvalue weighted by molar-refractivity contribution is 5.86. The van der Waals surface area contributed by atoms with Gasteiger partial charge in [-0.2, -0.15) is 0 Å². The van der Waals surface area contributed by atoms with E-state index in [9.17, 15) is 4.79 Å². The van der Waals surface area contributed by atoms with Crippen LogP contribution in [0.4, 0.5) is 5.82 Å². The number of hydrogen-bond donors (Lipinski definition) is 2. The van der Waals surface area contributed by atoms with Gasteiger partial charge in [-0.25, -0.2) is 9.67 Å². The maximum absolute atomic E-state index is 12.1. The van der Waals surface area contributed by atoms with Crippen molar-refractivity contribution in [3.63, 3.8) is 0 Å². The maximum atomic E-state index is 12.1. The van der Waals surface area contributed by atoms with Gasteiger partial charge in [-0.3, -0.25) is 4.79 Å².